The topological polar surface area (TPSA) is 119 Å². The number of rotatable bonds is 6. The molecule has 4 heterocycles. The highest BCUT2D eigenvalue weighted by Crippen LogP contribution is 2.36. The Kier molecular flexibility index (Phi) is 7.03. The molecule has 0 spiro atoms. The Morgan fingerprint density at radius 1 is 0.905 bits per heavy atom. The van der Waals surface area contributed by atoms with Gasteiger partial charge < -0.3 is 9.73 Å². The van der Waals surface area contributed by atoms with E-state index in [1.807, 2.05) is 61.5 Å². The van der Waals surface area contributed by atoms with Gasteiger partial charge in [0.1, 0.15) is 11.5 Å². The van der Waals surface area contributed by atoms with E-state index in [1.165, 1.54) is 12.4 Å². The second-order valence-electron chi connectivity index (χ2n) is 9.46. The van der Waals surface area contributed by atoms with Crippen LogP contribution in [-0.2, 0) is 23.8 Å². The van der Waals surface area contributed by atoms with Gasteiger partial charge in [0, 0.05) is 53.7 Å². The number of Topliss-reactive ketones (excluding diaryl/α,β-unsaturated/α-hetero) is 1. The van der Waals surface area contributed by atoms with E-state index in [4.69, 9.17) is 9.41 Å². The van der Waals surface area contributed by atoms with Crippen molar-refractivity contribution in [1.29, 1.82) is 0 Å². The zero-order valence-corrected chi connectivity index (χ0v) is 22.1. The number of anilines is 1. The van der Waals surface area contributed by atoms with Crippen LogP contribution in [0.3, 0.4) is 0 Å². The number of benzene rings is 2. The molecule has 1 atom stereocenters. The number of carbonyl (C=O) groups excluding carboxylic acids is 1. The van der Waals surface area contributed by atoms with Gasteiger partial charge in [-0.05, 0) is 11.6 Å². The molecule has 42 heavy (non-hydrogen) atoms. The van der Waals surface area contributed by atoms with Gasteiger partial charge in [-0.25, -0.2) is 15.0 Å². The number of carbonyl (C=O) groups is 1. The summed E-state index contributed by atoms with van der Waals surface area (Å²) in [6.07, 6.45) is -1.47. The van der Waals surface area contributed by atoms with Crippen LogP contribution in [0.2, 0.25) is 0 Å². The summed E-state index contributed by atoms with van der Waals surface area (Å²) >= 11 is 0. The van der Waals surface area contributed by atoms with E-state index in [0.29, 0.717) is 29.7 Å². The fourth-order valence-corrected chi connectivity index (χ4v) is 4.58. The fourth-order valence-electron chi connectivity index (χ4n) is 4.58. The minimum Gasteiger partial charge on any atom is -0.402 e. The van der Waals surface area contributed by atoms with E-state index in [9.17, 15) is 18.0 Å². The highest BCUT2D eigenvalue weighted by atomic mass is 19.4. The maximum atomic E-state index is 13.5. The van der Waals surface area contributed by atoms with Crippen LogP contribution in [0.1, 0.15) is 35.0 Å². The molecule has 0 fully saturated rings. The molecule has 0 saturated heterocycles. The number of aryl methyl sites for hydroxylation is 1. The van der Waals surface area contributed by atoms with Crippen LogP contribution in [0.15, 0.2) is 88.7 Å². The first-order valence-corrected chi connectivity index (χ1v) is 13.0. The molecule has 0 aliphatic carbocycles. The quantitative estimate of drug-likeness (QED) is 0.282. The van der Waals surface area contributed by atoms with E-state index < -0.39 is 17.9 Å². The Morgan fingerprint density at radius 2 is 1.64 bits per heavy atom. The second kappa shape index (κ2) is 11.0. The van der Waals surface area contributed by atoms with Crippen molar-refractivity contribution < 1.29 is 22.4 Å². The van der Waals surface area contributed by atoms with Crippen LogP contribution in [0.4, 0.5) is 19.2 Å². The van der Waals surface area contributed by atoms with Gasteiger partial charge in [-0.1, -0.05) is 66.6 Å². The first kappa shape index (κ1) is 26.9. The number of alkyl halides is 3. The van der Waals surface area contributed by atoms with E-state index in [-0.39, 0.29) is 35.4 Å². The molecule has 0 radical (unpaired) electrons. The van der Waals surface area contributed by atoms with Crippen molar-refractivity contribution in [2.45, 2.75) is 32.1 Å². The molecule has 1 aliphatic rings. The van der Waals surface area contributed by atoms with Gasteiger partial charge in [0.25, 0.3) is 5.89 Å². The van der Waals surface area contributed by atoms with E-state index in [2.05, 4.69) is 30.5 Å². The zero-order valence-electron chi connectivity index (χ0n) is 22.1. The van der Waals surface area contributed by atoms with E-state index >= 15 is 0 Å². The summed E-state index contributed by atoms with van der Waals surface area (Å²) in [4.78, 5) is 30.4. The summed E-state index contributed by atoms with van der Waals surface area (Å²) in [6.45, 7) is 1.86. The van der Waals surface area contributed by atoms with Gasteiger partial charge in [-0.15, -0.1) is 5.10 Å². The Balaban J connectivity index is 1.36. The molecule has 5 aromatic rings. The lowest BCUT2D eigenvalue weighted by Crippen LogP contribution is -2.29. The van der Waals surface area contributed by atoms with Crippen LogP contribution >= 0.6 is 0 Å². The van der Waals surface area contributed by atoms with Crippen molar-refractivity contribution >= 4 is 17.5 Å². The second-order valence-corrected chi connectivity index (χ2v) is 9.46. The van der Waals surface area contributed by atoms with E-state index in [0.717, 1.165) is 22.8 Å². The van der Waals surface area contributed by atoms with Gasteiger partial charge in [-0.3, -0.25) is 9.79 Å². The third kappa shape index (κ3) is 5.38. The molecule has 1 N–H and O–H groups in total. The zero-order chi connectivity index (χ0) is 29.3. The van der Waals surface area contributed by atoms with Crippen LogP contribution < -0.4 is 5.32 Å². The van der Waals surface area contributed by atoms with Crippen LogP contribution in [0.25, 0.3) is 22.7 Å². The van der Waals surface area contributed by atoms with Crippen molar-refractivity contribution in [2.75, 3.05) is 5.32 Å². The molecule has 0 amide bonds. The monoisotopic (exact) mass is 569 g/mol. The maximum Gasteiger partial charge on any atom is 0.417 e. The lowest BCUT2D eigenvalue weighted by Gasteiger charge is -2.12. The summed E-state index contributed by atoms with van der Waals surface area (Å²) in [7, 11) is 0. The number of aromatic nitrogens is 5. The number of aliphatic imine (C=N–C) groups is 1. The first-order chi connectivity index (χ1) is 20.3. The summed E-state index contributed by atoms with van der Waals surface area (Å²) in [5.41, 5.74) is 2.52. The standard InChI is InChI=1S/C30H22F3N7O2/c1-2-24-34-14-19(15-35-24)22-13-20(30(31,32)33)16-36-26(22)28-39-40-29(42-28)38-27-23(41)12-18-10-6-7-11-21(18)25(37-27)17-8-4-3-5-9-17/h3-11,13-16,27H,2,12H2,1H3,(H,38,40)/t27-/m1/s1. The van der Waals surface area contributed by atoms with Gasteiger partial charge >= 0.3 is 12.2 Å². The molecule has 9 nitrogen and oxygen atoms in total. The number of ketones is 1. The highest BCUT2D eigenvalue weighted by molar-refractivity contribution is 6.16. The Morgan fingerprint density at radius 3 is 2.38 bits per heavy atom. The van der Waals surface area contributed by atoms with Crippen LogP contribution in [-0.4, -0.2) is 42.8 Å². The van der Waals surface area contributed by atoms with Crippen molar-refractivity contribution in [2.24, 2.45) is 4.99 Å². The molecule has 210 valence electrons. The number of nitrogens with one attached hydrogen (secondary N) is 1. The van der Waals surface area contributed by atoms with Crippen molar-refractivity contribution in [3.8, 4) is 22.7 Å². The molecule has 0 saturated carbocycles. The molecular formula is C30H22F3N7O2. The predicted octanol–water partition coefficient (Wildman–Crippen LogP) is 5.57. The van der Waals surface area contributed by atoms with Crippen LogP contribution in [0, 0.1) is 0 Å². The summed E-state index contributed by atoms with van der Waals surface area (Å²) in [5, 5.41) is 10.9. The molecule has 0 bridgehead atoms. The predicted molar refractivity (Wildman–Crippen MR) is 148 cm³/mol. The van der Waals surface area contributed by atoms with Crippen molar-refractivity contribution in [3.63, 3.8) is 0 Å². The third-order valence-electron chi connectivity index (χ3n) is 6.68. The molecule has 6 rings (SSSR count). The van der Waals surface area contributed by atoms with Gasteiger partial charge in [-0.2, -0.15) is 13.2 Å². The molecule has 3 aromatic heterocycles. The summed E-state index contributed by atoms with van der Waals surface area (Å²) in [6, 6.07) is 17.8. The lowest BCUT2D eigenvalue weighted by atomic mass is 9.96. The minimum absolute atomic E-state index is 0.00414. The van der Waals surface area contributed by atoms with Gasteiger partial charge in [0.2, 0.25) is 0 Å². The molecule has 0 unspecified atom stereocenters. The fraction of sp³-hybridized carbons (Fsp3) is 0.167. The lowest BCUT2D eigenvalue weighted by molar-refractivity contribution is -0.137. The largest absolute Gasteiger partial charge is 0.417 e. The first-order valence-electron chi connectivity index (χ1n) is 13.0. The number of pyridine rings is 1. The molecular weight excluding hydrogens is 547 g/mol. The maximum absolute atomic E-state index is 13.5. The minimum atomic E-state index is -4.63. The smallest absolute Gasteiger partial charge is 0.402 e. The van der Waals surface area contributed by atoms with Crippen molar-refractivity contribution in [3.05, 3.63) is 107 Å². The Bertz CT molecular complexity index is 1790. The van der Waals surface area contributed by atoms with E-state index in [1.54, 1.807) is 0 Å². The average Bonchev–Trinajstić information content (AvgIpc) is 3.42. The summed E-state index contributed by atoms with van der Waals surface area (Å²) in [5.74, 6) is 0.155. The Labute approximate surface area is 237 Å². The highest BCUT2D eigenvalue weighted by Gasteiger charge is 2.33. The number of fused-ring (bicyclic) bond motifs is 1. The SMILES string of the molecule is CCc1ncc(-c2cc(C(F)(F)F)cnc2-c2nnc(N[C@H]3N=C(c4ccccc4)c4ccccc4CC3=O)o2)cn1. The molecule has 2 aromatic carbocycles. The average molecular weight is 570 g/mol. The number of nitrogens with zero attached hydrogens (tertiary/aromatic N) is 6. The van der Waals surface area contributed by atoms with Gasteiger partial charge in [0.15, 0.2) is 11.9 Å². The number of hydrogen-bond acceptors (Lipinski definition) is 9. The van der Waals surface area contributed by atoms with Gasteiger partial charge in [0.05, 0.1) is 11.3 Å². The number of halogens is 3. The third-order valence-corrected chi connectivity index (χ3v) is 6.68. The molecule has 1 aliphatic heterocycles. The molecule has 12 heteroatoms. The van der Waals surface area contributed by atoms with Crippen LogP contribution in [0.5, 0.6) is 0 Å². The summed E-state index contributed by atoms with van der Waals surface area (Å²) < 4.78 is 46.4. The normalized spacial score (nSPS) is 15.1. The number of hydrogen-bond donors (Lipinski definition) is 1. The van der Waals surface area contributed by atoms with Crippen molar-refractivity contribution in [1.82, 2.24) is 25.1 Å². The Hall–Kier alpha value is -5.26.